The normalized spacial score (nSPS) is 11.5. The van der Waals surface area contributed by atoms with Crippen LogP contribution in [0.3, 0.4) is 0 Å². The second kappa shape index (κ2) is 5.27. The largest absolute Gasteiger partial charge is 0.486 e. The first kappa shape index (κ1) is 11.6. The Hall–Kier alpha value is -1.41. The van der Waals surface area contributed by atoms with Gasteiger partial charge >= 0.3 is 12.0 Å². The molecule has 2 amide bonds. The lowest BCUT2D eigenvalue weighted by molar-refractivity contribution is -0.138. The van der Waals surface area contributed by atoms with Gasteiger partial charge in [-0.25, -0.2) is 4.79 Å². The van der Waals surface area contributed by atoms with Gasteiger partial charge in [-0.2, -0.15) is 0 Å². The number of carbonyl (C=O) groups excluding carboxylic acids is 1. The standard InChI is InChI=1S/C5H9N3O4S/c6-2(3(9)10)1-7-4(11)8-5(12)13/h2H,1,6H2,(H,9,10)(H3,7,8,11,12,13)/t2-/m0/s1. The van der Waals surface area contributed by atoms with Crippen molar-refractivity contribution in [2.75, 3.05) is 6.54 Å². The van der Waals surface area contributed by atoms with Crippen LogP contribution in [-0.2, 0) is 4.79 Å². The molecular weight excluding hydrogens is 198 g/mol. The molecule has 0 bridgehead atoms. The van der Waals surface area contributed by atoms with E-state index in [0.717, 1.165) is 0 Å². The molecule has 0 aliphatic carbocycles. The lowest BCUT2D eigenvalue weighted by Crippen LogP contribution is -2.46. The fourth-order valence-electron chi connectivity index (χ4n) is 0.431. The summed E-state index contributed by atoms with van der Waals surface area (Å²) in [6.07, 6.45) is 0. The predicted molar refractivity (Wildman–Crippen MR) is 47.4 cm³/mol. The Morgan fingerprint density at radius 3 is 2.38 bits per heavy atom. The molecule has 1 atom stereocenters. The third-order valence-electron chi connectivity index (χ3n) is 1.02. The number of urea groups is 1. The Labute approximate surface area is 78.9 Å². The van der Waals surface area contributed by atoms with Gasteiger partial charge in [0.05, 0.1) is 0 Å². The van der Waals surface area contributed by atoms with Gasteiger partial charge in [-0.05, 0) is 12.2 Å². The van der Waals surface area contributed by atoms with Gasteiger partial charge in [0.1, 0.15) is 6.04 Å². The number of amides is 2. The minimum atomic E-state index is -1.23. The maximum absolute atomic E-state index is 10.7. The summed E-state index contributed by atoms with van der Waals surface area (Å²) in [6.45, 7) is -0.246. The maximum Gasteiger partial charge on any atom is 0.322 e. The molecule has 0 aliphatic rings. The summed E-state index contributed by atoms with van der Waals surface area (Å²) >= 11 is 4.14. The maximum atomic E-state index is 10.7. The average molecular weight is 207 g/mol. The number of nitrogens with one attached hydrogen (secondary N) is 2. The summed E-state index contributed by atoms with van der Waals surface area (Å²) < 4.78 is 0. The van der Waals surface area contributed by atoms with Crippen molar-refractivity contribution in [2.24, 2.45) is 5.73 Å². The van der Waals surface area contributed by atoms with Gasteiger partial charge in [0.25, 0.3) is 5.17 Å². The smallest absolute Gasteiger partial charge is 0.322 e. The van der Waals surface area contributed by atoms with Crippen molar-refractivity contribution in [1.29, 1.82) is 0 Å². The third-order valence-corrected chi connectivity index (χ3v) is 1.12. The monoisotopic (exact) mass is 207 g/mol. The van der Waals surface area contributed by atoms with Crippen LogP contribution in [0.5, 0.6) is 0 Å². The molecule has 0 spiro atoms. The van der Waals surface area contributed by atoms with Crippen LogP contribution in [0.25, 0.3) is 0 Å². The van der Waals surface area contributed by atoms with Gasteiger partial charge in [-0.3, -0.25) is 10.1 Å². The summed E-state index contributed by atoms with van der Waals surface area (Å²) in [7, 11) is 0. The number of carbonyl (C=O) groups is 2. The summed E-state index contributed by atoms with van der Waals surface area (Å²) in [5.41, 5.74) is 5.06. The minimum absolute atomic E-state index is 0.246. The quantitative estimate of drug-likeness (QED) is 0.360. The number of hydrogen-bond donors (Lipinski definition) is 5. The van der Waals surface area contributed by atoms with Crippen LogP contribution in [0.4, 0.5) is 4.79 Å². The van der Waals surface area contributed by atoms with E-state index in [4.69, 9.17) is 15.9 Å². The number of nitrogens with two attached hydrogens (primary N) is 1. The first-order chi connectivity index (χ1) is 5.93. The summed E-state index contributed by atoms with van der Waals surface area (Å²) in [5, 5.41) is 19.9. The summed E-state index contributed by atoms with van der Waals surface area (Å²) in [5.74, 6) is -1.23. The molecule has 0 saturated heterocycles. The average Bonchev–Trinajstić information content (AvgIpc) is 1.98. The van der Waals surface area contributed by atoms with Crippen molar-refractivity contribution in [3.05, 3.63) is 0 Å². The van der Waals surface area contributed by atoms with Crippen molar-refractivity contribution < 1.29 is 19.8 Å². The number of hydrogen-bond acceptors (Lipinski definition) is 4. The molecule has 74 valence electrons. The molecule has 0 rings (SSSR count). The van der Waals surface area contributed by atoms with E-state index < -0.39 is 23.2 Å². The molecule has 0 aromatic rings. The van der Waals surface area contributed by atoms with E-state index in [2.05, 4.69) is 17.5 Å². The van der Waals surface area contributed by atoms with E-state index in [9.17, 15) is 9.59 Å². The second-order valence-corrected chi connectivity index (χ2v) is 2.47. The van der Waals surface area contributed by atoms with Gasteiger partial charge in [0.2, 0.25) is 0 Å². The van der Waals surface area contributed by atoms with E-state index in [0.29, 0.717) is 0 Å². The van der Waals surface area contributed by atoms with Crippen LogP contribution in [0.15, 0.2) is 0 Å². The fraction of sp³-hybridized carbons (Fsp3) is 0.400. The van der Waals surface area contributed by atoms with Crippen molar-refractivity contribution >= 4 is 29.4 Å². The van der Waals surface area contributed by atoms with E-state index in [1.54, 1.807) is 0 Å². The SMILES string of the molecule is N[C@@H](CNC(=O)NC(O)=S)C(=O)O. The van der Waals surface area contributed by atoms with E-state index in [1.807, 2.05) is 5.32 Å². The van der Waals surface area contributed by atoms with E-state index in [1.165, 1.54) is 0 Å². The third kappa shape index (κ3) is 5.82. The van der Waals surface area contributed by atoms with Crippen molar-refractivity contribution in [3.63, 3.8) is 0 Å². The van der Waals surface area contributed by atoms with E-state index in [-0.39, 0.29) is 6.54 Å². The highest BCUT2D eigenvalue weighted by Crippen LogP contribution is 1.75. The van der Waals surface area contributed by atoms with E-state index >= 15 is 0 Å². The number of aliphatic hydroxyl groups excluding tert-OH is 1. The Morgan fingerprint density at radius 2 is 2.00 bits per heavy atom. The molecular formula is C5H9N3O4S. The Kier molecular flexibility index (Phi) is 4.70. The molecule has 13 heavy (non-hydrogen) atoms. The van der Waals surface area contributed by atoms with Crippen LogP contribution < -0.4 is 16.4 Å². The van der Waals surface area contributed by atoms with Gasteiger partial charge in [-0.15, -0.1) is 0 Å². The summed E-state index contributed by atoms with van der Waals surface area (Å²) in [4.78, 5) is 20.8. The number of carboxylic acids is 1. The van der Waals surface area contributed by atoms with Crippen LogP contribution in [0.2, 0.25) is 0 Å². The number of aliphatic carboxylic acids is 1. The molecule has 0 saturated carbocycles. The molecule has 0 fully saturated rings. The molecule has 0 aliphatic heterocycles. The zero-order valence-electron chi connectivity index (χ0n) is 6.48. The molecule has 6 N–H and O–H groups in total. The van der Waals surface area contributed by atoms with Crippen molar-refractivity contribution in [3.8, 4) is 0 Å². The topological polar surface area (TPSA) is 125 Å². The van der Waals surface area contributed by atoms with Gasteiger partial charge < -0.3 is 21.3 Å². The first-order valence-corrected chi connectivity index (χ1v) is 3.60. The summed E-state index contributed by atoms with van der Waals surface area (Å²) in [6, 6.07) is -1.98. The lowest BCUT2D eigenvalue weighted by atomic mass is 10.3. The van der Waals surface area contributed by atoms with Gasteiger partial charge in [0, 0.05) is 6.54 Å². The first-order valence-electron chi connectivity index (χ1n) is 3.19. The zero-order valence-corrected chi connectivity index (χ0v) is 7.30. The zero-order chi connectivity index (χ0) is 10.4. The highest BCUT2D eigenvalue weighted by Gasteiger charge is 2.12. The molecule has 0 aromatic heterocycles. The van der Waals surface area contributed by atoms with Crippen LogP contribution in [-0.4, -0.2) is 40.0 Å². The fourth-order valence-corrected chi connectivity index (χ4v) is 0.524. The number of aliphatic hydroxyl groups is 1. The number of carboxylic acid groups (broad SMARTS) is 1. The van der Waals surface area contributed by atoms with Crippen molar-refractivity contribution in [1.82, 2.24) is 10.6 Å². The van der Waals surface area contributed by atoms with Crippen LogP contribution >= 0.6 is 12.2 Å². The lowest BCUT2D eigenvalue weighted by Gasteiger charge is -2.07. The van der Waals surface area contributed by atoms with Gasteiger partial charge in [0.15, 0.2) is 0 Å². The van der Waals surface area contributed by atoms with Crippen LogP contribution in [0.1, 0.15) is 0 Å². The number of rotatable bonds is 3. The molecule has 0 unspecified atom stereocenters. The second-order valence-electron chi connectivity index (χ2n) is 2.08. The van der Waals surface area contributed by atoms with Crippen molar-refractivity contribution in [2.45, 2.75) is 6.04 Å². The number of thiocarbonyl (C=S) groups is 1. The molecule has 8 heteroatoms. The minimum Gasteiger partial charge on any atom is -0.486 e. The predicted octanol–water partition coefficient (Wildman–Crippen LogP) is -1.46. The molecule has 7 nitrogen and oxygen atoms in total. The molecule has 0 aromatic carbocycles. The molecule has 0 heterocycles. The Balaban J connectivity index is 3.70. The van der Waals surface area contributed by atoms with Crippen LogP contribution in [0, 0.1) is 0 Å². The highest BCUT2D eigenvalue weighted by atomic mass is 32.1. The Morgan fingerprint density at radius 1 is 1.46 bits per heavy atom. The van der Waals surface area contributed by atoms with Gasteiger partial charge in [-0.1, -0.05) is 0 Å². The highest BCUT2D eigenvalue weighted by molar-refractivity contribution is 7.80. The Bertz CT molecular complexity index is 232. The molecule has 0 radical (unpaired) electrons.